The van der Waals surface area contributed by atoms with Crippen LogP contribution in [0, 0.1) is 5.92 Å². The second-order valence-electron chi connectivity index (χ2n) is 6.91. The maximum absolute atomic E-state index is 3.54. The summed E-state index contributed by atoms with van der Waals surface area (Å²) in [5.41, 5.74) is 0. The molecule has 2 unspecified atom stereocenters. The van der Waals surface area contributed by atoms with Gasteiger partial charge in [-0.1, -0.05) is 84.0 Å². The predicted octanol–water partition coefficient (Wildman–Crippen LogP) is 6.08. The Hall–Kier alpha value is -0.0400. The molecule has 1 nitrogen and oxygen atoms in total. The van der Waals surface area contributed by atoms with Gasteiger partial charge in [-0.25, -0.2) is 0 Å². The molecule has 1 N–H and O–H groups in total. The van der Waals surface area contributed by atoms with Crippen molar-refractivity contribution in [1.29, 1.82) is 0 Å². The van der Waals surface area contributed by atoms with Crippen molar-refractivity contribution in [2.75, 3.05) is 7.05 Å². The van der Waals surface area contributed by atoms with Gasteiger partial charge in [0, 0.05) is 6.04 Å². The smallest absolute Gasteiger partial charge is 0.00923 e. The van der Waals surface area contributed by atoms with E-state index >= 15 is 0 Å². The van der Waals surface area contributed by atoms with Crippen molar-refractivity contribution >= 4 is 0 Å². The summed E-state index contributed by atoms with van der Waals surface area (Å²) in [5, 5.41) is 3.54. The van der Waals surface area contributed by atoms with Crippen LogP contribution in [0.25, 0.3) is 0 Å². The van der Waals surface area contributed by atoms with Crippen molar-refractivity contribution < 1.29 is 0 Å². The van der Waals surface area contributed by atoms with Crippen molar-refractivity contribution in [3.63, 3.8) is 0 Å². The lowest BCUT2D eigenvalue weighted by atomic mass is 9.81. The largest absolute Gasteiger partial charge is 0.317 e. The third kappa shape index (κ3) is 8.29. The minimum Gasteiger partial charge on any atom is -0.317 e. The van der Waals surface area contributed by atoms with E-state index in [1.165, 1.54) is 96.3 Å². The molecule has 0 saturated heterocycles. The zero-order chi connectivity index (χ0) is 14.5. The Balaban J connectivity index is 1.86. The molecular weight excluding hydrogens is 242 g/mol. The van der Waals surface area contributed by atoms with Gasteiger partial charge in [0.15, 0.2) is 0 Å². The molecule has 120 valence electrons. The van der Waals surface area contributed by atoms with Gasteiger partial charge < -0.3 is 5.32 Å². The Morgan fingerprint density at radius 1 is 0.750 bits per heavy atom. The van der Waals surface area contributed by atoms with Crippen LogP contribution in [0.15, 0.2) is 0 Å². The van der Waals surface area contributed by atoms with E-state index in [2.05, 4.69) is 19.3 Å². The number of hydrogen-bond acceptors (Lipinski definition) is 1. The molecule has 0 aromatic heterocycles. The molecule has 0 spiro atoms. The first-order valence-corrected chi connectivity index (χ1v) is 9.55. The van der Waals surface area contributed by atoms with Crippen LogP contribution in [0.3, 0.4) is 0 Å². The van der Waals surface area contributed by atoms with Crippen LogP contribution in [0.4, 0.5) is 0 Å². The van der Waals surface area contributed by atoms with Gasteiger partial charge in [0.05, 0.1) is 0 Å². The van der Waals surface area contributed by atoms with Crippen molar-refractivity contribution in [3.8, 4) is 0 Å². The molecule has 0 aromatic rings. The summed E-state index contributed by atoms with van der Waals surface area (Å²) in [6.07, 6.45) is 21.9. The fourth-order valence-electron chi connectivity index (χ4n) is 3.83. The molecule has 1 aliphatic rings. The lowest BCUT2D eigenvalue weighted by molar-refractivity contribution is 0.254. The average molecular weight is 282 g/mol. The number of unbranched alkanes of at least 4 members (excludes halogenated alkanes) is 9. The molecule has 0 heterocycles. The summed E-state index contributed by atoms with van der Waals surface area (Å²) in [6.45, 7) is 2.30. The summed E-state index contributed by atoms with van der Waals surface area (Å²) >= 11 is 0. The molecule has 0 radical (unpaired) electrons. The summed E-state index contributed by atoms with van der Waals surface area (Å²) in [7, 11) is 2.15. The highest BCUT2D eigenvalue weighted by molar-refractivity contribution is 4.79. The van der Waals surface area contributed by atoms with E-state index in [1.54, 1.807) is 0 Å². The first-order valence-electron chi connectivity index (χ1n) is 9.55. The molecule has 0 aliphatic heterocycles. The van der Waals surface area contributed by atoms with E-state index in [0.29, 0.717) is 0 Å². The second-order valence-corrected chi connectivity index (χ2v) is 6.91. The summed E-state index contributed by atoms with van der Waals surface area (Å²) in [4.78, 5) is 0. The van der Waals surface area contributed by atoms with Gasteiger partial charge >= 0.3 is 0 Å². The zero-order valence-electron chi connectivity index (χ0n) is 14.3. The van der Waals surface area contributed by atoms with E-state index in [1.807, 2.05) is 0 Å². The average Bonchev–Trinajstić information content (AvgIpc) is 2.49. The lowest BCUT2D eigenvalue weighted by Crippen LogP contribution is -2.36. The van der Waals surface area contributed by atoms with E-state index < -0.39 is 0 Å². The Kier molecular flexibility index (Phi) is 11.4. The Bertz CT molecular complexity index is 202. The summed E-state index contributed by atoms with van der Waals surface area (Å²) in [6, 6.07) is 0.822. The lowest BCUT2D eigenvalue weighted by Gasteiger charge is -2.31. The molecule has 1 rings (SSSR count). The van der Waals surface area contributed by atoms with Crippen LogP contribution in [-0.4, -0.2) is 13.1 Å². The van der Waals surface area contributed by atoms with Gasteiger partial charge in [-0.05, 0) is 32.2 Å². The first kappa shape index (κ1) is 18.0. The van der Waals surface area contributed by atoms with Crippen molar-refractivity contribution in [2.45, 2.75) is 109 Å². The van der Waals surface area contributed by atoms with E-state index in [9.17, 15) is 0 Å². The summed E-state index contributed by atoms with van der Waals surface area (Å²) < 4.78 is 0. The Labute approximate surface area is 128 Å². The van der Waals surface area contributed by atoms with E-state index in [4.69, 9.17) is 0 Å². The van der Waals surface area contributed by atoms with Crippen LogP contribution in [0.1, 0.15) is 103 Å². The third-order valence-electron chi connectivity index (χ3n) is 5.21. The van der Waals surface area contributed by atoms with Gasteiger partial charge in [-0.2, -0.15) is 0 Å². The predicted molar refractivity (Wildman–Crippen MR) is 91.3 cm³/mol. The second kappa shape index (κ2) is 12.7. The highest BCUT2D eigenvalue weighted by Gasteiger charge is 2.22. The molecule has 0 bridgehead atoms. The third-order valence-corrected chi connectivity index (χ3v) is 5.21. The van der Waals surface area contributed by atoms with Crippen LogP contribution in [0.5, 0.6) is 0 Å². The van der Waals surface area contributed by atoms with Gasteiger partial charge in [-0.3, -0.25) is 0 Å². The quantitative estimate of drug-likeness (QED) is 0.428. The molecule has 1 aliphatic carbocycles. The number of nitrogens with one attached hydrogen (secondary N) is 1. The molecular formula is C19H39N. The van der Waals surface area contributed by atoms with E-state index in [-0.39, 0.29) is 0 Å². The monoisotopic (exact) mass is 281 g/mol. The van der Waals surface area contributed by atoms with Gasteiger partial charge in [0.1, 0.15) is 0 Å². The number of rotatable bonds is 12. The van der Waals surface area contributed by atoms with Crippen molar-refractivity contribution in [2.24, 2.45) is 5.92 Å². The molecule has 0 amide bonds. The molecule has 1 heteroatoms. The normalized spacial score (nSPS) is 23.1. The maximum atomic E-state index is 3.54. The maximum Gasteiger partial charge on any atom is 0.00923 e. The number of hydrogen-bond donors (Lipinski definition) is 1. The summed E-state index contributed by atoms with van der Waals surface area (Å²) in [5.74, 6) is 0.975. The topological polar surface area (TPSA) is 12.0 Å². The van der Waals surface area contributed by atoms with Crippen molar-refractivity contribution in [3.05, 3.63) is 0 Å². The van der Waals surface area contributed by atoms with Crippen LogP contribution in [-0.2, 0) is 0 Å². The SMILES string of the molecule is CCCCCCCCCCCCC1CCCCC1NC. The minimum atomic E-state index is 0.822. The Morgan fingerprint density at radius 3 is 1.90 bits per heavy atom. The standard InChI is InChI=1S/C19H39N/c1-3-4-5-6-7-8-9-10-11-12-15-18-16-13-14-17-19(18)20-2/h18-20H,3-17H2,1-2H3. The molecule has 1 fully saturated rings. The molecule has 2 atom stereocenters. The van der Waals surface area contributed by atoms with Gasteiger partial charge in [0.25, 0.3) is 0 Å². The highest BCUT2D eigenvalue weighted by Crippen LogP contribution is 2.28. The highest BCUT2D eigenvalue weighted by atomic mass is 14.9. The van der Waals surface area contributed by atoms with Gasteiger partial charge in [-0.15, -0.1) is 0 Å². The fraction of sp³-hybridized carbons (Fsp3) is 1.00. The zero-order valence-corrected chi connectivity index (χ0v) is 14.3. The van der Waals surface area contributed by atoms with Crippen molar-refractivity contribution in [1.82, 2.24) is 5.32 Å². The van der Waals surface area contributed by atoms with Gasteiger partial charge in [0.2, 0.25) is 0 Å². The molecule has 0 aromatic carbocycles. The van der Waals surface area contributed by atoms with E-state index in [0.717, 1.165) is 12.0 Å². The molecule has 20 heavy (non-hydrogen) atoms. The van der Waals surface area contributed by atoms with Crippen LogP contribution in [0.2, 0.25) is 0 Å². The Morgan fingerprint density at radius 2 is 1.30 bits per heavy atom. The van der Waals surface area contributed by atoms with Crippen LogP contribution >= 0.6 is 0 Å². The molecule has 1 saturated carbocycles. The van der Waals surface area contributed by atoms with Crippen LogP contribution < -0.4 is 5.32 Å². The fourth-order valence-corrected chi connectivity index (χ4v) is 3.83. The first-order chi connectivity index (χ1) is 9.88. The minimum absolute atomic E-state index is 0.822.